The third-order valence-electron chi connectivity index (χ3n) is 3.90. The van der Waals surface area contributed by atoms with E-state index in [0.717, 1.165) is 32.0 Å². The van der Waals surface area contributed by atoms with Gasteiger partial charge in [0, 0.05) is 5.69 Å². The summed E-state index contributed by atoms with van der Waals surface area (Å²) in [5, 5.41) is 6.08. The molecule has 1 aliphatic rings. The van der Waals surface area contributed by atoms with Crippen LogP contribution in [0.5, 0.6) is 0 Å². The van der Waals surface area contributed by atoms with E-state index in [1.165, 1.54) is 25.0 Å². The number of likely N-dealkylation sites (N-methyl/N-ethyl adjacent to an activating group) is 1. The minimum Gasteiger partial charge on any atom is -0.325 e. The van der Waals surface area contributed by atoms with E-state index in [-0.39, 0.29) is 11.7 Å². The van der Waals surface area contributed by atoms with E-state index < -0.39 is 0 Å². The molecule has 2 N–H and O–H groups in total. The Kier molecular flexibility index (Phi) is 6.14. The summed E-state index contributed by atoms with van der Waals surface area (Å²) in [6, 6.07) is 5.97. The molecule has 21 heavy (non-hydrogen) atoms. The zero-order valence-corrected chi connectivity index (χ0v) is 12.6. The van der Waals surface area contributed by atoms with Gasteiger partial charge in [0.05, 0.1) is 6.54 Å². The van der Waals surface area contributed by atoms with Gasteiger partial charge in [-0.3, -0.25) is 9.69 Å². The van der Waals surface area contributed by atoms with Crippen molar-refractivity contribution in [1.82, 2.24) is 10.2 Å². The van der Waals surface area contributed by atoms with Crippen LogP contribution in [-0.4, -0.2) is 44.0 Å². The smallest absolute Gasteiger partial charge is 0.238 e. The van der Waals surface area contributed by atoms with Crippen molar-refractivity contribution in [3.63, 3.8) is 0 Å². The van der Waals surface area contributed by atoms with Crippen LogP contribution in [0, 0.1) is 11.7 Å². The number of carbonyl (C=O) groups excluding carboxylic acids is 1. The molecular formula is C16H24FN3O. The average Bonchev–Trinajstić information content (AvgIpc) is 2.46. The molecule has 116 valence electrons. The fraction of sp³-hybridized carbons (Fsp3) is 0.562. The van der Waals surface area contributed by atoms with Crippen molar-refractivity contribution in [3.8, 4) is 0 Å². The first-order valence-corrected chi connectivity index (χ1v) is 7.58. The Morgan fingerprint density at radius 3 is 2.90 bits per heavy atom. The molecule has 4 nitrogen and oxygen atoms in total. The number of nitrogens with one attached hydrogen (secondary N) is 2. The zero-order chi connectivity index (χ0) is 15.1. The second-order valence-electron chi connectivity index (χ2n) is 5.78. The van der Waals surface area contributed by atoms with Gasteiger partial charge in [0.15, 0.2) is 0 Å². The predicted octanol–water partition coefficient (Wildman–Crippen LogP) is 2.09. The van der Waals surface area contributed by atoms with Gasteiger partial charge >= 0.3 is 0 Å². The molecule has 0 atom stereocenters. The molecule has 1 amide bonds. The molecule has 0 bridgehead atoms. The molecule has 1 aromatic rings. The van der Waals surface area contributed by atoms with Crippen molar-refractivity contribution >= 4 is 11.6 Å². The number of halogens is 1. The van der Waals surface area contributed by atoms with Crippen LogP contribution in [0.1, 0.15) is 19.3 Å². The Morgan fingerprint density at radius 2 is 2.19 bits per heavy atom. The zero-order valence-electron chi connectivity index (χ0n) is 12.6. The normalized spacial score (nSPS) is 16.1. The summed E-state index contributed by atoms with van der Waals surface area (Å²) < 4.78 is 13.0. The molecule has 0 aliphatic carbocycles. The van der Waals surface area contributed by atoms with E-state index in [1.54, 1.807) is 12.1 Å². The lowest BCUT2D eigenvalue weighted by molar-refractivity contribution is -0.117. The van der Waals surface area contributed by atoms with Crippen LogP contribution in [0.4, 0.5) is 10.1 Å². The van der Waals surface area contributed by atoms with Gasteiger partial charge < -0.3 is 10.6 Å². The lowest BCUT2D eigenvalue weighted by Gasteiger charge is -2.25. The summed E-state index contributed by atoms with van der Waals surface area (Å²) in [7, 11) is 1.95. The Morgan fingerprint density at radius 1 is 1.43 bits per heavy atom. The molecule has 1 aliphatic heterocycles. The second kappa shape index (κ2) is 8.10. The average molecular weight is 293 g/mol. The fourth-order valence-corrected chi connectivity index (χ4v) is 2.66. The number of hydrogen-bond donors (Lipinski definition) is 2. The van der Waals surface area contributed by atoms with Crippen LogP contribution in [0.2, 0.25) is 0 Å². The molecule has 5 heteroatoms. The highest BCUT2D eigenvalue weighted by atomic mass is 19.1. The summed E-state index contributed by atoms with van der Waals surface area (Å²) in [6.07, 6.45) is 3.58. The summed E-state index contributed by atoms with van der Waals surface area (Å²) in [4.78, 5) is 13.9. The monoisotopic (exact) mass is 293 g/mol. The summed E-state index contributed by atoms with van der Waals surface area (Å²) in [5.41, 5.74) is 0.506. The van der Waals surface area contributed by atoms with E-state index in [4.69, 9.17) is 0 Å². The standard InChI is InChI=1S/C16H24FN3O/c1-20(10-7-13-5-8-18-9-6-13)12-16(21)19-15-4-2-3-14(17)11-15/h2-4,11,13,18H,5-10,12H2,1H3,(H,19,21). The highest BCUT2D eigenvalue weighted by Gasteiger charge is 2.14. The quantitative estimate of drug-likeness (QED) is 0.844. The van der Waals surface area contributed by atoms with Gasteiger partial charge in [0.2, 0.25) is 5.91 Å². The maximum absolute atomic E-state index is 13.0. The molecule has 0 saturated carbocycles. The number of piperidine rings is 1. The number of rotatable bonds is 6. The van der Waals surface area contributed by atoms with Crippen molar-refractivity contribution in [2.75, 3.05) is 38.5 Å². The predicted molar refractivity (Wildman–Crippen MR) is 82.7 cm³/mol. The molecule has 0 unspecified atom stereocenters. The van der Waals surface area contributed by atoms with Crippen molar-refractivity contribution < 1.29 is 9.18 Å². The van der Waals surface area contributed by atoms with E-state index in [9.17, 15) is 9.18 Å². The van der Waals surface area contributed by atoms with Gasteiger partial charge in [-0.1, -0.05) is 6.07 Å². The number of amides is 1. The highest BCUT2D eigenvalue weighted by Crippen LogP contribution is 2.16. The largest absolute Gasteiger partial charge is 0.325 e. The van der Waals surface area contributed by atoms with Gasteiger partial charge in [-0.05, 0) is 70.1 Å². The van der Waals surface area contributed by atoms with E-state index >= 15 is 0 Å². The minimum absolute atomic E-state index is 0.103. The number of anilines is 1. The van der Waals surface area contributed by atoms with Gasteiger partial charge in [0.1, 0.15) is 5.82 Å². The molecule has 1 aromatic carbocycles. The van der Waals surface area contributed by atoms with Gasteiger partial charge in [-0.2, -0.15) is 0 Å². The molecule has 1 saturated heterocycles. The summed E-state index contributed by atoms with van der Waals surface area (Å²) in [6.45, 7) is 3.46. The van der Waals surface area contributed by atoms with E-state index in [2.05, 4.69) is 10.6 Å². The molecule has 1 heterocycles. The first kappa shape index (κ1) is 15.9. The van der Waals surface area contributed by atoms with Crippen LogP contribution in [-0.2, 0) is 4.79 Å². The fourth-order valence-electron chi connectivity index (χ4n) is 2.66. The van der Waals surface area contributed by atoms with Crippen LogP contribution in [0.3, 0.4) is 0 Å². The third-order valence-corrected chi connectivity index (χ3v) is 3.90. The second-order valence-corrected chi connectivity index (χ2v) is 5.78. The topological polar surface area (TPSA) is 44.4 Å². The maximum atomic E-state index is 13.0. The van der Waals surface area contributed by atoms with Crippen LogP contribution in [0.15, 0.2) is 24.3 Å². The summed E-state index contributed by atoms with van der Waals surface area (Å²) in [5.74, 6) is 0.320. The van der Waals surface area contributed by atoms with Crippen molar-refractivity contribution in [3.05, 3.63) is 30.1 Å². The molecular weight excluding hydrogens is 269 g/mol. The van der Waals surface area contributed by atoms with Gasteiger partial charge in [0.25, 0.3) is 0 Å². The van der Waals surface area contributed by atoms with Crippen LogP contribution >= 0.6 is 0 Å². The number of hydrogen-bond acceptors (Lipinski definition) is 3. The van der Waals surface area contributed by atoms with E-state index in [1.807, 2.05) is 11.9 Å². The third kappa shape index (κ3) is 5.81. The number of benzene rings is 1. The highest BCUT2D eigenvalue weighted by molar-refractivity contribution is 5.92. The van der Waals surface area contributed by atoms with Crippen molar-refractivity contribution in [1.29, 1.82) is 0 Å². The van der Waals surface area contributed by atoms with Gasteiger partial charge in [-0.25, -0.2) is 4.39 Å². The first-order chi connectivity index (χ1) is 10.1. The molecule has 0 spiro atoms. The van der Waals surface area contributed by atoms with Gasteiger partial charge in [-0.15, -0.1) is 0 Å². The van der Waals surface area contributed by atoms with Crippen molar-refractivity contribution in [2.45, 2.75) is 19.3 Å². The molecule has 0 radical (unpaired) electrons. The first-order valence-electron chi connectivity index (χ1n) is 7.58. The summed E-state index contributed by atoms with van der Waals surface area (Å²) >= 11 is 0. The molecule has 2 rings (SSSR count). The molecule has 1 fully saturated rings. The Labute approximate surface area is 125 Å². The Balaban J connectivity index is 1.69. The minimum atomic E-state index is -0.341. The Hall–Kier alpha value is -1.46. The lowest BCUT2D eigenvalue weighted by Crippen LogP contribution is -2.33. The van der Waals surface area contributed by atoms with E-state index in [0.29, 0.717) is 12.2 Å². The maximum Gasteiger partial charge on any atom is 0.238 e. The number of carbonyl (C=O) groups is 1. The lowest BCUT2D eigenvalue weighted by atomic mass is 9.94. The molecule has 0 aromatic heterocycles. The Bertz CT molecular complexity index is 461. The van der Waals surface area contributed by atoms with Crippen molar-refractivity contribution in [2.24, 2.45) is 5.92 Å². The SMILES string of the molecule is CN(CCC1CCNCC1)CC(=O)Nc1cccc(F)c1. The van der Waals surface area contributed by atoms with Crippen LogP contribution < -0.4 is 10.6 Å². The van der Waals surface area contributed by atoms with Crippen LogP contribution in [0.25, 0.3) is 0 Å². The number of nitrogens with zero attached hydrogens (tertiary/aromatic N) is 1.